The van der Waals surface area contributed by atoms with Crippen molar-refractivity contribution in [1.82, 2.24) is 15.5 Å². The molecule has 0 bridgehead atoms. The molecule has 3 rings (SSSR count). The van der Waals surface area contributed by atoms with Crippen molar-refractivity contribution in [3.63, 3.8) is 0 Å². The summed E-state index contributed by atoms with van der Waals surface area (Å²) in [5, 5.41) is 13.0. The molecule has 1 atom stereocenters. The number of aryl methyl sites for hydroxylation is 2. The molecular weight excluding hydrogens is 302 g/mol. The van der Waals surface area contributed by atoms with E-state index in [2.05, 4.69) is 28.5 Å². The second kappa shape index (κ2) is 6.23. The number of nitrogens with one attached hydrogen (secondary N) is 1. The Bertz CT molecular complexity index is 647. The summed E-state index contributed by atoms with van der Waals surface area (Å²) in [6, 6.07) is 2.08. The molecule has 1 N–H and O–H groups in total. The van der Waals surface area contributed by atoms with Crippen molar-refractivity contribution in [2.24, 2.45) is 5.92 Å². The topological polar surface area (TPSA) is 54.9 Å². The summed E-state index contributed by atoms with van der Waals surface area (Å²) in [5.41, 5.74) is 1.38. The van der Waals surface area contributed by atoms with Crippen LogP contribution in [0.25, 0.3) is 0 Å². The van der Waals surface area contributed by atoms with E-state index in [0.29, 0.717) is 6.54 Å². The lowest BCUT2D eigenvalue weighted by Gasteiger charge is -2.16. The second-order valence-corrected chi connectivity index (χ2v) is 8.03. The first-order valence-corrected chi connectivity index (χ1v) is 8.94. The van der Waals surface area contributed by atoms with Gasteiger partial charge in [0.1, 0.15) is 10.0 Å². The van der Waals surface area contributed by atoms with E-state index in [-0.39, 0.29) is 5.91 Å². The molecule has 1 aliphatic rings. The van der Waals surface area contributed by atoms with Gasteiger partial charge in [-0.25, -0.2) is 0 Å². The molecule has 2 aromatic heterocycles. The normalized spacial score (nSPS) is 17.5. The number of thiophene rings is 1. The van der Waals surface area contributed by atoms with Crippen LogP contribution in [-0.2, 0) is 19.3 Å². The molecule has 0 radical (unpaired) electrons. The van der Waals surface area contributed by atoms with Crippen LogP contribution in [0, 0.1) is 12.8 Å². The maximum Gasteiger partial charge on any atom is 0.261 e. The van der Waals surface area contributed by atoms with Crippen molar-refractivity contribution in [1.29, 1.82) is 0 Å². The number of fused-ring (bicyclic) bond motifs is 1. The SMILES string of the molecule is Cc1nnc(CCNC(=O)c2cc3c(s2)CCC(C)C3)s1. The zero-order valence-electron chi connectivity index (χ0n) is 12.3. The van der Waals surface area contributed by atoms with E-state index in [0.717, 1.165) is 40.1 Å². The lowest BCUT2D eigenvalue weighted by molar-refractivity contribution is 0.0958. The number of aromatic nitrogens is 2. The van der Waals surface area contributed by atoms with Gasteiger partial charge >= 0.3 is 0 Å². The van der Waals surface area contributed by atoms with Gasteiger partial charge in [0.15, 0.2) is 0 Å². The molecule has 1 unspecified atom stereocenters. The van der Waals surface area contributed by atoms with E-state index in [1.165, 1.54) is 16.9 Å². The number of nitrogens with zero attached hydrogens (tertiary/aromatic N) is 2. The smallest absolute Gasteiger partial charge is 0.261 e. The van der Waals surface area contributed by atoms with Crippen molar-refractivity contribution in [2.45, 2.75) is 39.5 Å². The molecule has 0 spiro atoms. The molecule has 0 aliphatic heterocycles. The molecule has 0 saturated carbocycles. The summed E-state index contributed by atoms with van der Waals surface area (Å²) in [7, 11) is 0. The molecule has 0 fully saturated rings. The van der Waals surface area contributed by atoms with E-state index in [4.69, 9.17) is 0 Å². The van der Waals surface area contributed by atoms with Gasteiger partial charge in [-0.1, -0.05) is 6.92 Å². The summed E-state index contributed by atoms with van der Waals surface area (Å²) in [6.07, 6.45) is 4.23. The summed E-state index contributed by atoms with van der Waals surface area (Å²) in [6.45, 7) is 4.84. The van der Waals surface area contributed by atoms with Crippen molar-refractivity contribution < 1.29 is 4.79 Å². The van der Waals surface area contributed by atoms with E-state index < -0.39 is 0 Å². The third-order valence-corrected chi connectivity index (χ3v) is 5.88. The highest BCUT2D eigenvalue weighted by Gasteiger charge is 2.20. The van der Waals surface area contributed by atoms with Crippen LogP contribution in [0.2, 0.25) is 0 Å². The van der Waals surface area contributed by atoms with Crippen molar-refractivity contribution in [3.8, 4) is 0 Å². The highest BCUT2D eigenvalue weighted by Crippen LogP contribution is 2.32. The average molecular weight is 321 g/mol. The van der Waals surface area contributed by atoms with Crippen LogP contribution < -0.4 is 5.32 Å². The number of hydrogen-bond acceptors (Lipinski definition) is 5. The monoisotopic (exact) mass is 321 g/mol. The summed E-state index contributed by atoms with van der Waals surface area (Å²) in [4.78, 5) is 14.5. The molecule has 1 amide bonds. The maximum absolute atomic E-state index is 12.2. The third kappa shape index (κ3) is 3.49. The Morgan fingerprint density at radius 3 is 3.05 bits per heavy atom. The zero-order chi connectivity index (χ0) is 14.8. The largest absolute Gasteiger partial charge is 0.351 e. The predicted octanol–water partition coefficient (Wildman–Crippen LogP) is 3.01. The van der Waals surface area contributed by atoms with E-state index in [1.54, 1.807) is 22.7 Å². The minimum absolute atomic E-state index is 0.0447. The number of amides is 1. The molecule has 2 heterocycles. The fourth-order valence-electron chi connectivity index (χ4n) is 2.63. The van der Waals surface area contributed by atoms with Crippen LogP contribution in [0.3, 0.4) is 0 Å². The molecular formula is C15H19N3OS2. The van der Waals surface area contributed by atoms with E-state index in [1.807, 2.05) is 6.92 Å². The number of rotatable bonds is 4. The van der Waals surface area contributed by atoms with Crippen molar-refractivity contribution in [2.75, 3.05) is 6.54 Å². The van der Waals surface area contributed by atoms with Crippen LogP contribution in [-0.4, -0.2) is 22.6 Å². The Kier molecular flexibility index (Phi) is 4.35. The highest BCUT2D eigenvalue weighted by atomic mass is 32.1. The van der Waals surface area contributed by atoms with Crippen LogP contribution >= 0.6 is 22.7 Å². The molecule has 112 valence electrons. The van der Waals surface area contributed by atoms with Gasteiger partial charge in [0.25, 0.3) is 5.91 Å². The molecule has 0 aromatic carbocycles. The van der Waals surface area contributed by atoms with Gasteiger partial charge in [0, 0.05) is 17.8 Å². The first-order chi connectivity index (χ1) is 10.1. The van der Waals surface area contributed by atoms with Crippen LogP contribution in [0.5, 0.6) is 0 Å². The Balaban J connectivity index is 1.56. The van der Waals surface area contributed by atoms with Crippen LogP contribution in [0.15, 0.2) is 6.07 Å². The van der Waals surface area contributed by atoms with Gasteiger partial charge in [-0.2, -0.15) is 0 Å². The van der Waals surface area contributed by atoms with Gasteiger partial charge in [-0.15, -0.1) is 32.9 Å². The Labute approximate surface area is 132 Å². The fraction of sp³-hybridized carbons (Fsp3) is 0.533. The van der Waals surface area contributed by atoms with Crippen LogP contribution in [0.1, 0.15) is 43.5 Å². The summed E-state index contributed by atoms with van der Waals surface area (Å²) < 4.78 is 0. The highest BCUT2D eigenvalue weighted by molar-refractivity contribution is 7.14. The number of carbonyl (C=O) groups is 1. The Morgan fingerprint density at radius 2 is 2.29 bits per heavy atom. The van der Waals surface area contributed by atoms with Crippen molar-refractivity contribution in [3.05, 3.63) is 31.4 Å². The van der Waals surface area contributed by atoms with Crippen molar-refractivity contribution >= 4 is 28.6 Å². The number of carbonyl (C=O) groups excluding carboxylic acids is 1. The standard InChI is InChI=1S/C15H19N3OS2/c1-9-3-4-12-11(7-9)8-13(21-12)15(19)16-6-5-14-18-17-10(2)20-14/h8-9H,3-7H2,1-2H3,(H,16,19). The zero-order valence-corrected chi connectivity index (χ0v) is 13.9. The molecule has 21 heavy (non-hydrogen) atoms. The molecule has 0 saturated heterocycles. The third-order valence-electron chi connectivity index (χ3n) is 3.75. The van der Waals surface area contributed by atoms with Crippen LogP contribution in [0.4, 0.5) is 0 Å². The minimum Gasteiger partial charge on any atom is -0.351 e. The van der Waals surface area contributed by atoms with E-state index >= 15 is 0 Å². The Hall–Kier alpha value is -1.27. The van der Waals surface area contributed by atoms with E-state index in [9.17, 15) is 4.79 Å². The summed E-state index contributed by atoms with van der Waals surface area (Å²) in [5.74, 6) is 0.784. The predicted molar refractivity (Wildman–Crippen MR) is 86.2 cm³/mol. The quantitative estimate of drug-likeness (QED) is 0.942. The molecule has 2 aromatic rings. The second-order valence-electron chi connectivity index (χ2n) is 5.63. The van der Waals surface area contributed by atoms with Gasteiger partial charge in [-0.3, -0.25) is 4.79 Å². The lowest BCUT2D eigenvalue weighted by Crippen LogP contribution is -2.24. The lowest BCUT2D eigenvalue weighted by atomic mass is 9.90. The summed E-state index contributed by atoms with van der Waals surface area (Å²) >= 11 is 3.25. The molecule has 4 nitrogen and oxygen atoms in total. The first kappa shape index (κ1) is 14.7. The van der Waals surface area contributed by atoms with Gasteiger partial charge in [0.05, 0.1) is 4.88 Å². The van der Waals surface area contributed by atoms with Gasteiger partial charge < -0.3 is 5.32 Å². The number of hydrogen-bond donors (Lipinski definition) is 1. The Morgan fingerprint density at radius 1 is 1.43 bits per heavy atom. The van der Waals surface area contributed by atoms with Gasteiger partial charge in [-0.05, 0) is 43.7 Å². The average Bonchev–Trinajstić information content (AvgIpc) is 3.04. The first-order valence-electron chi connectivity index (χ1n) is 7.30. The fourth-order valence-corrected chi connectivity index (χ4v) is 4.46. The van der Waals surface area contributed by atoms with Gasteiger partial charge in [0.2, 0.25) is 0 Å². The maximum atomic E-state index is 12.2. The minimum atomic E-state index is 0.0447. The molecule has 1 aliphatic carbocycles. The molecule has 6 heteroatoms.